The molecule has 1 saturated heterocycles. The molecule has 2 heterocycles. The number of hydrogen-bond donors (Lipinski definition) is 1. The first-order valence-electron chi connectivity index (χ1n) is 7.28. The number of rotatable bonds is 4. The van der Waals surface area contributed by atoms with Gasteiger partial charge in [0.2, 0.25) is 5.91 Å². The second kappa shape index (κ2) is 6.37. The summed E-state index contributed by atoms with van der Waals surface area (Å²) in [6.07, 6.45) is 1.13. The van der Waals surface area contributed by atoms with Gasteiger partial charge >= 0.3 is 0 Å². The van der Waals surface area contributed by atoms with Crippen molar-refractivity contribution in [1.29, 1.82) is 0 Å². The predicted octanol–water partition coefficient (Wildman–Crippen LogP) is 1.86. The van der Waals surface area contributed by atoms with Gasteiger partial charge in [0.15, 0.2) is 9.84 Å². The Bertz CT molecular complexity index is 852. The van der Waals surface area contributed by atoms with Gasteiger partial charge in [-0.15, -0.1) is 11.3 Å². The van der Waals surface area contributed by atoms with Gasteiger partial charge < -0.3 is 10.2 Å². The lowest BCUT2D eigenvalue weighted by molar-refractivity contribution is -0.123. The highest BCUT2D eigenvalue weighted by molar-refractivity contribution is 7.90. The van der Waals surface area contributed by atoms with Gasteiger partial charge in [0.1, 0.15) is 0 Å². The van der Waals surface area contributed by atoms with E-state index >= 15 is 0 Å². The van der Waals surface area contributed by atoms with Crippen LogP contribution in [0, 0.1) is 5.92 Å². The number of carbonyl (C=O) groups is 2. The van der Waals surface area contributed by atoms with Crippen LogP contribution < -0.4 is 5.32 Å². The van der Waals surface area contributed by atoms with Gasteiger partial charge in [-0.05, 0) is 35.7 Å². The highest BCUT2D eigenvalue weighted by Gasteiger charge is 2.36. The number of thiophene rings is 1. The quantitative estimate of drug-likeness (QED) is 0.898. The number of hydrogen-bond acceptors (Lipinski definition) is 5. The molecule has 24 heavy (non-hydrogen) atoms. The van der Waals surface area contributed by atoms with E-state index in [2.05, 4.69) is 5.32 Å². The average Bonchev–Trinajstić information content (AvgIpc) is 2.99. The molecule has 0 unspecified atom stereocenters. The molecule has 126 valence electrons. The second-order valence-corrected chi connectivity index (χ2v) is 8.63. The van der Waals surface area contributed by atoms with Crippen LogP contribution in [-0.2, 0) is 14.6 Å². The van der Waals surface area contributed by atoms with E-state index in [1.807, 2.05) is 11.4 Å². The number of carbonyl (C=O) groups excluding carboxylic acids is 2. The van der Waals surface area contributed by atoms with Crippen molar-refractivity contribution in [3.8, 4) is 0 Å². The highest BCUT2D eigenvalue weighted by atomic mass is 32.2. The van der Waals surface area contributed by atoms with Crippen LogP contribution in [0.25, 0.3) is 0 Å². The molecule has 0 aliphatic carbocycles. The summed E-state index contributed by atoms with van der Waals surface area (Å²) in [5, 5.41) is 4.59. The van der Waals surface area contributed by atoms with Gasteiger partial charge in [0.25, 0.3) is 5.91 Å². The fourth-order valence-corrected chi connectivity index (χ4v) is 3.72. The maximum absolute atomic E-state index is 12.2. The molecule has 1 aromatic carbocycles. The number of nitrogens with zero attached hydrogens (tertiary/aromatic N) is 1. The van der Waals surface area contributed by atoms with Gasteiger partial charge in [-0.1, -0.05) is 6.07 Å². The Morgan fingerprint density at radius 2 is 1.83 bits per heavy atom. The Hall–Kier alpha value is -2.19. The smallest absolute Gasteiger partial charge is 0.263 e. The molecule has 0 saturated carbocycles. The first kappa shape index (κ1) is 16.7. The molecule has 0 atom stereocenters. The number of benzene rings is 1. The van der Waals surface area contributed by atoms with Crippen molar-refractivity contribution in [2.75, 3.05) is 24.7 Å². The van der Waals surface area contributed by atoms with E-state index in [-0.39, 0.29) is 22.6 Å². The van der Waals surface area contributed by atoms with Crippen molar-refractivity contribution >= 4 is 38.7 Å². The summed E-state index contributed by atoms with van der Waals surface area (Å²) in [5.74, 6) is -0.465. The minimum Gasteiger partial charge on any atom is -0.336 e. The molecule has 0 radical (unpaired) electrons. The lowest BCUT2D eigenvalue weighted by Gasteiger charge is -2.37. The second-order valence-electron chi connectivity index (χ2n) is 5.67. The number of sulfone groups is 1. The minimum atomic E-state index is -3.25. The van der Waals surface area contributed by atoms with E-state index in [9.17, 15) is 18.0 Å². The molecule has 1 aliphatic heterocycles. The Labute approximate surface area is 144 Å². The monoisotopic (exact) mass is 364 g/mol. The number of likely N-dealkylation sites (tertiary alicyclic amines) is 1. The summed E-state index contributed by atoms with van der Waals surface area (Å²) in [4.78, 5) is 26.8. The molecule has 8 heteroatoms. The zero-order chi connectivity index (χ0) is 17.3. The molecule has 1 aliphatic rings. The SMILES string of the molecule is CS(=O)(=O)c1ccc(NC(=O)C2CN(C(=O)c3cccs3)C2)cc1. The molecule has 1 N–H and O–H groups in total. The van der Waals surface area contributed by atoms with E-state index in [0.717, 1.165) is 6.26 Å². The maximum Gasteiger partial charge on any atom is 0.263 e. The summed E-state index contributed by atoms with van der Waals surface area (Å²) >= 11 is 1.38. The summed E-state index contributed by atoms with van der Waals surface area (Å²) in [6, 6.07) is 9.62. The predicted molar refractivity (Wildman–Crippen MR) is 91.9 cm³/mol. The third-order valence-electron chi connectivity index (χ3n) is 3.82. The molecule has 1 aromatic heterocycles. The topological polar surface area (TPSA) is 83.6 Å². The van der Waals surface area contributed by atoms with Crippen molar-refractivity contribution in [2.45, 2.75) is 4.90 Å². The van der Waals surface area contributed by atoms with Gasteiger partial charge in [0, 0.05) is 25.0 Å². The molecule has 2 amide bonds. The fourth-order valence-electron chi connectivity index (χ4n) is 2.40. The van der Waals surface area contributed by atoms with Gasteiger partial charge in [0.05, 0.1) is 15.7 Å². The molecule has 0 spiro atoms. The minimum absolute atomic E-state index is 0.0495. The lowest BCUT2D eigenvalue weighted by Crippen LogP contribution is -2.54. The van der Waals surface area contributed by atoms with Crippen LogP contribution >= 0.6 is 11.3 Å². The molecule has 2 aromatic rings. The molecule has 0 bridgehead atoms. The first-order chi connectivity index (χ1) is 11.3. The molecule has 3 rings (SSSR count). The number of nitrogens with one attached hydrogen (secondary N) is 1. The highest BCUT2D eigenvalue weighted by Crippen LogP contribution is 2.23. The van der Waals surface area contributed by atoms with Crippen LogP contribution in [0.1, 0.15) is 9.67 Å². The van der Waals surface area contributed by atoms with E-state index in [0.29, 0.717) is 23.7 Å². The van der Waals surface area contributed by atoms with E-state index < -0.39 is 9.84 Å². The van der Waals surface area contributed by atoms with Crippen molar-refractivity contribution in [1.82, 2.24) is 4.90 Å². The summed E-state index contributed by atoms with van der Waals surface area (Å²) in [5.41, 5.74) is 0.537. The van der Waals surface area contributed by atoms with Gasteiger partial charge in [-0.2, -0.15) is 0 Å². The van der Waals surface area contributed by atoms with Crippen molar-refractivity contribution in [2.24, 2.45) is 5.92 Å². The van der Waals surface area contributed by atoms with Crippen LogP contribution in [0.4, 0.5) is 5.69 Å². The largest absolute Gasteiger partial charge is 0.336 e. The maximum atomic E-state index is 12.2. The van der Waals surface area contributed by atoms with Gasteiger partial charge in [-0.3, -0.25) is 9.59 Å². The number of amides is 2. The third kappa shape index (κ3) is 3.49. The van der Waals surface area contributed by atoms with E-state index in [1.165, 1.54) is 23.5 Å². The Morgan fingerprint density at radius 3 is 2.38 bits per heavy atom. The van der Waals surface area contributed by atoms with Crippen LogP contribution in [0.3, 0.4) is 0 Å². The van der Waals surface area contributed by atoms with Crippen LogP contribution in [0.5, 0.6) is 0 Å². The zero-order valence-corrected chi connectivity index (χ0v) is 14.6. The van der Waals surface area contributed by atoms with E-state index in [1.54, 1.807) is 23.1 Å². The van der Waals surface area contributed by atoms with Crippen LogP contribution in [-0.4, -0.2) is 44.5 Å². The van der Waals surface area contributed by atoms with Crippen molar-refractivity contribution in [3.63, 3.8) is 0 Å². The van der Waals surface area contributed by atoms with Gasteiger partial charge in [-0.25, -0.2) is 8.42 Å². The van der Waals surface area contributed by atoms with Crippen molar-refractivity contribution < 1.29 is 18.0 Å². The van der Waals surface area contributed by atoms with E-state index in [4.69, 9.17) is 0 Å². The molecular formula is C16H16N2O4S2. The molecular weight excluding hydrogens is 348 g/mol. The fraction of sp³-hybridized carbons (Fsp3) is 0.250. The molecule has 6 nitrogen and oxygen atoms in total. The Balaban J connectivity index is 1.55. The summed E-state index contributed by atoms with van der Waals surface area (Å²) < 4.78 is 22.8. The number of anilines is 1. The summed E-state index contributed by atoms with van der Waals surface area (Å²) in [7, 11) is -3.25. The van der Waals surface area contributed by atoms with Crippen LogP contribution in [0.2, 0.25) is 0 Å². The summed E-state index contributed by atoms with van der Waals surface area (Å²) in [6.45, 7) is 0.786. The average molecular weight is 364 g/mol. The Morgan fingerprint density at radius 1 is 1.17 bits per heavy atom. The zero-order valence-electron chi connectivity index (χ0n) is 12.9. The van der Waals surface area contributed by atoms with Crippen molar-refractivity contribution in [3.05, 3.63) is 46.7 Å². The Kier molecular flexibility index (Phi) is 4.42. The third-order valence-corrected chi connectivity index (χ3v) is 5.81. The lowest BCUT2D eigenvalue weighted by atomic mass is 9.98. The standard InChI is InChI=1S/C16H16N2O4S2/c1-24(21,22)13-6-4-12(5-7-13)17-15(19)11-9-18(10-11)16(20)14-3-2-8-23-14/h2-8,11H,9-10H2,1H3,(H,17,19). The first-order valence-corrected chi connectivity index (χ1v) is 10.1. The molecule has 1 fully saturated rings. The normalized spacial score (nSPS) is 15.0. The van der Waals surface area contributed by atoms with Crippen LogP contribution in [0.15, 0.2) is 46.7 Å².